The number of rotatable bonds is 0. The normalized spacial score (nSPS) is 10.8. The summed E-state index contributed by atoms with van der Waals surface area (Å²) in [7, 11) is 0. The second kappa shape index (κ2) is 3.32. The molecule has 0 aliphatic heterocycles. The zero-order chi connectivity index (χ0) is 11.1. The lowest BCUT2D eigenvalue weighted by Crippen LogP contribution is -1.78. The van der Waals surface area contributed by atoms with Crippen LogP contribution in [0.4, 0.5) is 0 Å². The molecule has 76 valence electrons. The first kappa shape index (κ1) is 9.37. The van der Waals surface area contributed by atoms with Gasteiger partial charge in [-0.2, -0.15) is 5.26 Å². The van der Waals surface area contributed by atoms with E-state index in [2.05, 4.69) is 20.9 Å². The SMILES string of the molecule is N#Cc1cc2c(cnc3cc(Br)ccc32)o1. The summed E-state index contributed by atoms with van der Waals surface area (Å²) >= 11 is 3.40. The molecule has 16 heavy (non-hydrogen) atoms. The number of furan rings is 1. The third kappa shape index (κ3) is 1.29. The van der Waals surface area contributed by atoms with Crippen molar-refractivity contribution >= 4 is 37.8 Å². The zero-order valence-corrected chi connectivity index (χ0v) is 9.65. The van der Waals surface area contributed by atoms with Crippen molar-refractivity contribution in [3.63, 3.8) is 0 Å². The second-order valence-electron chi connectivity index (χ2n) is 3.42. The molecule has 1 aromatic carbocycles. The third-order valence-corrected chi connectivity index (χ3v) is 2.94. The van der Waals surface area contributed by atoms with E-state index < -0.39 is 0 Å². The van der Waals surface area contributed by atoms with Gasteiger partial charge in [-0.25, -0.2) is 0 Å². The van der Waals surface area contributed by atoms with Crippen LogP contribution in [0.5, 0.6) is 0 Å². The van der Waals surface area contributed by atoms with Crippen LogP contribution < -0.4 is 0 Å². The monoisotopic (exact) mass is 272 g/mol. The van der Waals surface area contributed by atoms with Crippen LogP contribution in [-0.2, 0) is 0 Å². The van der Waals surface area contributed by atoms with E-state index in [1.807, 2.05) is 24.3 Å². The maximum Gasteiger partial charge on any atom is 0.204 e. The highest BCUT2D eigenvalue weighted by molar-refractivity contribution is 9.10. The molecule has 4 heteroatoms. The number of halogens is 1. The molecule has 0 saturated carbocycles. The number of hydrogen-bond donors (Lipinski definition) is 0. The van der Waals surface area contributed by atoms with Gasteiger partial charge in [-0.05, 0) is 12.1 Å². The maximum absolute atomic E-state index is 8.78. The van der Waals surface area contributed by atoms with E-state index in [4.69, 9.17) is 9.68 Å². The van der Waals surface area contributed by atoms with E-state index in [1.165, 1.54) is 0 Å². The minimum absolute atomic E-state index is 0.312. The summed E-state index contributed by atoms with van der Waals surface area (Å²) in [6.45, 7) is 0. The molecule has 0 spiro atoms. The molecule has 0 unspecified atom stereocenters. The predicted molar refractivity (Wildman–Crippen MR) is 63.9 cm³/mol. The minimum Gasteiger partial charge on any atom is -0.444 e. The Kier molecular flexibility index (Phi) is 1.95. The summed E-state index contributed by atoms with van der Waals surface area (Å²) in [6.07, 6.45) is 1.64. The van der Waals surface area contributed by atoms with Gasteiger partial charge in [0.05, 0.1) is 11.7 Å². The van der Waals surface area contributed by atoms with Gasteiger partial charge in [0.25, 0.3) is 0 Å². The molecule has 0 saturated heterocycles. The summed E-state index contributed by atoms with van der Waals surface area (Å²) in [5.74, 6) is 0.312. The summed E-state index contributed by atoms with van der Waals surface area (Å²) in [5, 5.41) is 10.7. The van der Waals surface area contributed by atoms with Gasteiger partial charge in [-0.15, -0.1) is 0 Å². The van der Waals surface area contributed by atoms with Crippen LogP contribution in [-0.4, -0.2) is 4.98 Å². The molecule has 3 aromatic rings. The van der Waals surface area contributed by atoms with Crippen molar-refractivity contribution in [3.8, 4) is 6.07 Å². The highest BCUT2D eigenvalue weighted by Crippen LogP contribution is 2.27. The molecule has 3 rings (SSSR count). The lowest BCUT2D eigenvalue weighted by molar-refractivity contribution is 0.598. The second-order valence-corrected chi connectivity index (χ2v) is 4.34. The first-order chi connectivity index (χ1) is 7.78. The largest absolute Gasteiger partial charge is 0.444 e. The van der Waals surface area contributed by atoms with Gasteiger partial charge in [0, 0.05) is 21.3 Å². The smallest absolute Gasteiger partial charge is 0.204 e. The van der Waals surface area contributed by atoms with E-state index in [0.717, 1.165) is 20.8 Å². The number of nitriles is 1. The van der Waals surface area contributed by atoms with E-state index in [0.29, 0.717) is 11.3 Å². The molecule has 0 N–H and O–H groups in total. The third-order valence-electron chi connectivity index (χ3n) is 2.44. The first-order valence-electron chi connectivity index (χ1n) is 4.66. The van der Waals surface area contributed by atoms with Crippen molar-refractivity contribution in [2.75, 3.05) is 0 Å². The average molecular weight is 273 g/mol. The molecule has 0 bridgehead atoms. The zero-order valence-electron chi connectivity index (χ0n) is 8.07. The van der Waals surface area contributed by atoms with Gasteiger partial charge in [0.2, 0.25) is 5.76 Å². The average Bonchev–Trinajstić information content (AvgIpc) is 2.71. The van der Waals surface area contributed by atoms with Gasteiger partial charge in [-0.3, -0.25) is 4.98 Å². The van der Waals surface area contributed by atoms with Crippen LogP contribution in [0.3, 0.4) is 0 Å². The fraction of sp³-hybridized carbons (Fsp3) is 0. The summed E-state index contributed by atoms with van der Waals surface area (Å²) in [4.78, 5) is 4.28. The van der Waals surface area contributed by atoms with E-state index in [1.54, 1.807) is 12.3 Å². The van der Waals surface area contributed by atoms with Crippen molar-refractivity contribution in [2.24, 2.45) is 0 Å². The molecular formula is C12H5BrN2O. The molecule has 0 radical (unpaired) electrons. The Morgan fingerprint density at radius 1 is 1.25 bits per heavy atom. The van der Waals surface area contributed by atoms with Crippen molar-refractivity contribution in [1.82, 2.24) is 4.98 Å². The Labute approximate surface area is 99.4 Å². The number of aromatic nitrogens is 1. The molecule has 0 aliphatic rings. The summed E-state index contributed by atoms with van der Waals surface area (Å²) in [5.41, 5.74) is 1.53. The molecule has 3 nitrogen and oxygen atoms in total. The Morgan fingerprint density at radius 2 is 2.12 bits per heavy atom. The van der Waals surface area contributed by atoms with Crippen molar-refractivity contribution in [1.29, 1.82) is 5.26 Å². The molecule has 0 atom stereocenters. The van der Waals surface area contributed by atoms with E-state index >= 15 is 0 Å². The van der Waals surface area contributed by atoms with E-state index in [-0.39, 0.29) is 0 Å². The van der Waals surface area contributed by atoms with E-state index in [9.17, 15) is 0 Å². The highest BCUT2D eigenvalue weighted by Gasteiger charge is 2.07. The lowest BCUT2D eigenvalue weighted by atomic mass is 10.1. The summed E-state index contributed by atoms with van der Waals surface area (Å²) < 4.78 is 6.30. The molecule has 0 aliphatic carbocycles. The molecule has 0 amide bonds. The maximum atomic E-state index is 8.78. The molecule has 2 heterocycles. The van der Waals surface area contributed by atoms with Crippen LogP contribution >= 0.6 is 15.9 Å². The van der Waals surface area contributed by atoms with Gasteiger partial charge in [0.1, 0.15) is 6.07 Å². The predicted octanol–water partition coefficient (Wildman–Crippen LogP) is 3.62. The number of nitrogens with zero attached hydrogens (tertiary/aromatic N) is 2. The Bertz CT molecular complexity index is 740. The van der Waals surface area contributed by atoms with Crippen molar-refractivity contribution in [2.45, 2.75) is 0 Å². The fourth-order valence-electron chi connectivity index (χ4n) is 1.73. The molecule has 2 aromatic heterocycles. The standard InChI is InChI=1S/C12H5BrN2O/c13-7-1-2-9-10-4-8(5-14)16-12(10)6-15-11(9)3-7/h1-4,6H. The minimum atomic E-state index is 0.312. The first-order valence-corrected chi connectivity index (χ1v) is 5.45. The molecular weight excluding hydrogens is 268 g/mol. The molecule has 0 fully saturated rings. The van der Waals surface area contributed by atoms with Gasteiger partial charge in [-0.1, -0.05) is 22.0 Å². The number of benzene rings is 1. The van der Waals surface area contributed by atoms with Crippen LogP contribution in [0.25, 0.3) is 21.9 Å². The van der Waals surface area contributed by atoms with Crippen LogP contribution in [0.1, 0.15) is 5.76 Å². The summed E-state index contributed by atoms with van der Waals surface area (Å²) in [6, 6.07) is 9.58. The van der Waals surface area contributed by atoms with Crippen molar-refractivity contribution in [3.05, 3.63) is 40.7 Å². The fourth-order valence-corrected chi connectivity index (χ4v) is 2.08. The van der Waals surface area contributed by atoms with Gasteiger partial charge < -0.3 is 4.42 Å². The van der Waals surface area contributed by atoms with Crippen molar-refractivity contribution < 1.29 is 4.42 Å². The van der Waals surface area contributed by atoms with Gasteiger partial charge in [0.15, 0.2) is 5.58 Å². The Balaban J connectivity index is 2.49. The van der Waals surface area contributed by atoms with Crippen LogP contribution in [0.2, 0.25) is 0 Å². The Morgan fingerprint density at radius 3 is 2.94 bits per heavy atom. The lowest BCUT2D eigenvalue weighted by Gasteiger charge is -1.98. The number of pyridine rings is 1. The quantitative estimate of drug-likeness (QED) is 0.628. The Hall–Kier alpha value is -1.86. The topological polar surface area (TPSA) is 49.8 Å². The number of hydrogen-bond acceptors (Lipinski definition) is 3. The van der Waals surface area contributed by atoms with Gasteiger partial charge >= 0.3 is 0 Å². The number of fused-ring (bicyclic) bond motifs is 3. The van der Waals surface area contributed by atoms with Crippen LogP contribution in [0, 0.1) is 11.3 Å². The van der Waals surface area contributed by atoms with Crippen LogP contribution in [0.15, 0.2) is 39.4 Å². The highest BCUT2D eigenvalue weighted by atomic mass is 79.9.